The van der Waals surface area contributed by atoms with Crippen LogP contribution in [0.2, 0.25) is 0 Å². The monoisotopic (exact) mass is 154 g/mol. The van der Waals surface area contributed by atoms with E-state index in [-0.39, 0.29) is 0 Å². The van der Waals surface area contributed by atoms with Gasteiger partial charge in [-0.15, -0.1) is 0 Å². The van der Waals surface area contributed by atoms with E-state index in [4.69, 9.17) is 0 Å². The molecule has 0 rings (SSSR count). The van der Waals surface area contributed by atoms with Gasteiger partial charge in [0.05, 0.1) is 0 Å². The van der Waals surface area contributed by atoms with E-state index in [0.717, 1.165) is 5.92 Å². The summed E-state index contributed by atoms with van der Waals surface area (Å²) in [4.78, 5) is 0. The third kappa shape index (κ3) is 7.64. The van der Waals surface area contributed by atoms with E-state index < -0.39 is 0 Å². The topological polar surface area (TPSA) is 0 Å². The molecule has 0 aliphatic rings. The molecular formula is C11H22. The number of allylic oxidation sites excluding steroid dienone is 2. The molecule has 0 aromatic heterocycles. The highest BCUT2D eigenvalue weighted by Gasteiger charge is 1.91. The van der Waals surface area contributed by atoms with Crippen LogP contribution in [-0.4, -0.2) is 0 Å². The van der Waals surface area contributed by atoms with Gasteiger partial charge in [0.25, 0.3) is 0 Å². The predicted octanol–water partition coefficient (Wildman–Crippen LogP) is 4.17. The Kier molecular flexibility index (Phi) is 6.30. The number of hydrogen-bond donors (Lipinski definition) is 0. The maximum Gasteiger partial charge on any atom is -0.0288 e. The summed E-state index contributed by atoms with van der Waals surface area (Å²) < 4.78 is 0. The summed E-state index contributed by atoms with van der Waals surface area (Å²) in [7, 11) is 0. The van der Waals surface area contributed by atoms with Crippen molar-refractivity contribution in [3.63, 3.8) is 0 Å². The zero-order valence-corrected chi connectivity index (χ0v) is 8.48. The molecule has 0 unspecified atom stereocenters. The highest BCUT2D eigenvalue weighted by atomic mass is 14.0. The lowest BCUT2D eigenvalue weighted by Gasteiger charge is -2.02. The van der Waals surface area contributed by atoms with Gasteiger partial charge in [0.15, 0.2) is 0 Å². The molecular weight excluding hydrogens is 132 g/mol. The second-order valence-electron chi connectivity index (χ2n) is 3.71. The Hall–Kier alpha value is -0.260. The molecule has 0 fully saturated rings. The molecule has 0 amide bonds. The summed E-state index contributed by atoms with van der Waals surface area (Å²) >= 11 is 0. The summed E-state index contributed by atoms with van der Waals surface area (Å²) in [6.45, 7) is 8.98. The molecule has 11 heavy (non-hydrogen) atoms. The lowest BCUT2D eigenvalue weighted by molar-refractivity contribution is 0.704. The molecule has 0 aromatic rings. The Balaban J connectivity index is 3.43. The average Bonchev–Trinajstić information content (AvgIpc) is 1.86. The molecule has 0 N–H and O–H groups in total. The van der Waals surface area contributed by atoms with Crippen molar-refractivity contribution in [2.75, 3.05) is 0 Å². The number of hydrogen-bond acceptors (Lipinski definition) is 0. The fraction of sp³-hybridized carbons (Fsp3) is 0.818. The van der Waals surface area contributed by atoms with Crippen LogP contribution in [0.3, 0.4) is 0 Å². The lowest BCUT2D eigenvalue weighted by atomic mass is 10.0. The largest absolute Gasteiger partial charge is 0.0830 e. The molecule has 0 radical (unpaired) electrons. The minimum atomic E-state index is 0.719. The molecule has 0 heterocycles. The fourth-order valence-electron chi connectivity index (χ4n) is 1.31. The van der Waals surface area contributed by atoms with Gasteiger partial charge < -0.3 is 0 Å². The van der Waals surface area contributed by atoms with Crippen LogP contribution in [0.5, 0.6) is 0 Å². The van der Waals surface area contributed by atoms with Gasteiger partial charge in [-0.2, -0.15) is 0 Å². The van der Waals surface area contributed by atoms with Crippen LogP contribution < -0.4 is 0 Å². The Morgan fingerprint density at radius 2 is 1.91 bits per heavy atom. The summed E-state index contributed by atoms with van der Waals surface area (Å²) in [5.41, 5.74) is 1.56. The van der Waals surface area contributed by atoms with Crippen molar-refractivity contribution in [3.05, 3.63) is 11.6 Å². The zero-order chi connectivity index (χ0) is 8.69. The Morgan fingerprint density at radius 3 is 2.36 bits per heavy atom. The van der Waals surface area contributed by atoms with Crippen LogP contribution >= 0.6 is 0 Å². The smallest absolute Gasteiger partial charge is 0.0288 e. The van der Waals surface area contributed by atoms with Crippen molar-refractivity contribution in [1.29, 1.82) is 0 Å². The summed E-state index contributed by atoms with van der Waals surface area (Å²) in [6.07, 6.45) is 7.74. The van der Waals surface area contributed by atoms with Crippen LogP contribution in [0.1, 0.15) is 53.4 Å². The van der Waals surface area contributed by atoms with Crippen molar-refractivity contribution >= 4 is 0 Å². The van der Waals surface area contributed by atoms with Crippen LogP contribution in [0.25, 0.3) is 0 Å². The van der Waals surface area contributed by atoms with Gasteiger partial charge in [-0.3, -0.25) is 0 Å². The second-order valence-corrected chi connectivity index (χ2v) is 3.71. The first kappa shape index (κ1) is 10.7. The molecule has 0 atom stereocenters. The van der Waals surface area contributed by atoms with Crippen LogP contribution in [0, 0.1) is 5.92 Å². The first-order chi connectivity index (χ1) is 5.16. The summed E-state index contributed by atoms with van der Waals surface area (Å²) in [5, 5.41) is 0. The molecule has 0 heteroatoms. The van der Waals surface area contributed by atoms with Gasteiger partial charge >= 0.3 is 0 Å². The quantitative estimate of drug-likeness (QED) is 0.412. The van der Waals surface area contributed by atoms with Crippen molar-refractivity contribution in [3.8, 4) is 0 Å². The van der Waals surface area contributed by atoms with Gasteiger partial charge in [0, 0.05) is 0 Å². The van der Waals surface area contributed by atoms with Gasteiger partial charge in [0.2, 0.25) is 0 Å². The maximum absolute atomic E-state index is 2.37. The van der Waals surface area contributed by atoms with Crippen molar-refractivity contribution < 1.29 is 0 Å². The Morgan fingerprint density at radius 1 is 1.27 bits per heavy atom. The Bertz CT molecular complexity index is 109. The highest BCUT2D eigenvalue weighted by Crippen LogP contribution is 2.10. The third-order valence-electron chi connectivity index (χ3n) is 1.79. The van der Waals surface area contributed by atoms with E-state index in [9.17, 15) is 0 Å². The van der Waals surface area contributed by atoms with E-state index >= 15 is 0 Å². The van der Waals surface area contributed by atoms with Crippen LogP contribution in [0.15, 0.2) is 11.6 Å². The molecule has 0 aliphatic carbocycles. The molecule has 66 valence electrons. The molecule has 0 aliphatic heterocycles. The minimum absolute atomic E-state index is 0.719. The van der Waals surface area contributed by atoms with Gasteiger partial charge in [-0.25, -0.2) is 0 Å². The minimum Gasteiger partial charge on any atom is -0.0830 e. The maximum atomic E-state index is 2.37. The fourth-order valence-corrected chi connectivity index (χ4v) is 1.31. The number of rotatable bonds is 5. The van der Waals surface area contributed by atoms with E-state index in [1.165, 1.54) is 25.7 Å². The van der Waals surface area contributed by atoms with Gasteiger partial charge in [0.1, 0.15) is 0 Å². The van der Waals surface area contributed by atoms with E-state index in [2.05, 4.69) is 33.8 Å². The molecule has 0 bridgehead atoms. The molecule has 0 aromatic carbocycles. The predicted molar refractivity (Wildman–Crippen MR) is 52.7 cm³/mol. The first-order valence-corrected chi connectivity index (χ1v) is 4.84. The van der Waals surface area contributed by atoms with Gasteiger partial charge in [-0.05, 0) is 25.7 Å². The van der Waals surface area contributed by atoms with E-state index in [0.29, 0.717) is 0 Å². The first-order valence-electron chi connectivity index (χ1n) is 4.84. The normalized spacial score (nSPS) is 12.6. The summed E-state index contributed by atoms with van der Waals surface area (Å²) in [5.74, 6) is 0.719. The van der Waals surface area contributed by atoms with Crippen molar-refractivity contribution in [2.45, 2.75) is 53.4 Å². The molecule has 0 nitrogen and oxygen atoms in total. The van der Waals surface area contributed by atoms with Gasteiger partial charge in [-0.1, -0.05) is 45.3 Å². The SMILES string of the molecule is CCCCCC(C)=CC(C)C. The average molecular weight is 154 g/mol. The zero-order valence-electron chi connectivity index (χ0n) is 8.48. The number of unbranched alkanes of at least 4 members (excludes halogenated alkanes) is 2. The molecule has 0 saturated heterocycles. The van der Waals surface area contributed by atoms with Crippen molar-refractivity contribution in [2.24, 2.45) is 5.92 Å². The molecule has 0 spiro atoms. The molecule has 0 saturated carbocycles. The van der Waals surface area contributed by atoms with Crippen LogP contribution in [-0.2, 0) is 0 Å². The van der Waals surface area contributed by atoms with E-state index in [1.807, 2.05) is 0 Å². The van der Waals surface area contributed by atoms with E-state index in [1.54, 1.807) is 5.57 Å². The highest BCUT2D eigenvalue weighted by molar-refractivity contribution is 4.99. The lowest BCUT2D eigenvalue weighted by Crippen LogP contribution is -1.84. The third-order valence-corrected chi connectivity index (χ3v) is 1.79. The Labute approximate surface area is 71.7 Å². The second kappa shape index (κ2) is 6.45. The van der Waals surface area contributed by atoms with Crippen LogP contribution in [0.4, 0.5) is 0 Å². The standard InChI is InChI=1S/C11H22/c1-5-6-7-8-11(4)9-10(2)3/h9-10H,5-8H2,1-4H3. The summed E-state index contributed by atoms with van der Waals surface area (Å²) in [6, 6.07) is 0. The van der Waals surface area contributed by atoms with Crippen molar-refractivity contribution in [1.82, 2.24) is 0 Å².